The Hall–Kier alpha value is -3.20. The SMILES string of the molecule is C=C.C=C(c1ccc(F)c(C)c1)N1CC(CCC)(CCC)c2ccccc21.C=CC.CCC(C)C1=CC(F)C(C)C=C1. The molecule has 0 saturated heterocycles. The molecule has 2 aliphatic rings. The second kappa shape index (κ2) is 18.4. The third-order valence-electron chi connectivity index (χ3n) is 8.13. The van der Waals surface area contributed by atoms with Gasteiger partial charge in [0.25, 0.3) is 0 Å². The molecule has 2 aromatic carbocycles. The van der Waals surface area contributed by atoms with Gasteiger partial charge in [-0.05, 0) is 91.6 Å². The van der Waals surface area contributed by atoms with E-state index in [2.05, 4.69) is 89.3 Å². The predicted octanol–water partition coefficient (Wildman–Crippen LogP) is 12.0. The van der Waals surface area contributed by atoms with E-state index in [1.54, 1.807) is 18.2 Å². The van der Waals surface area contributed by atoms with Crippen LogP contribution in [0.5, 0.6) is 0 Å². The molecule has 230 valence electrons. The van der Waals surface area contributed by atoms with Crippen molar-refractivity contribution in [1.29, 1.82) is 0 Å². The van der Waals surface area contributed by atoms with E-state index in [0.717, 1.165) is 29.8 Å². The van der Waals surface area contributed by atoms with Crippen LogP contribution in [0.1, 0.15) is 90.3 Å². The van der Waals surface area contributed by atoms with Crippen LogP contribution in [0.25, 0.3) is 5.70 Å². The molecule has 0 spiro atoms. The van der Waals surface area contributed by atoms with Gasteiger partial charge in [0, 0.05) is 29.3 Å². The molecule has 0 radical (unpaired) electrons. The topological polar surface area (TPSA) is 3.24 Å². The summed E-state index contributed by atoms with van der Waals surface area (Å²) in [6.45, 7) is 29.1. The van der Waals surface area contributed by atoms with Gasteiger partial charge in [-0.25, -0.2) is 8.78 Å². The molecule has 3 unspecified atom stereocenters. The molecule has 3 heteroatoms. The lowest BCUT2D eigenvalue weighted by atomic mass is 9.75. The Morgan fingerprint density at radius 3 is 2.21 bits per heavy atom. The van der Waals surface area contributed by atoms with E-state index in [1.807, 2.05) is 39.0 Å². The monoisotopic (exact) mass is 575 g/mol. The van der Waals surface area contributed by atoms with Crippen molar-refractivity contribution in [2.24, 2.45) is 11.8 Å². The van der Waals surface area contributed by atoms with Gasteiger partial charge in [-0.15, -0.1) is 19.7 Å². The van der Waals surface area contributed by atoms with Crippen LogP contribution in [-0.4, -0.2) is 12.7 Å². The number of para-hydroxylation sites is 1. The number of halogens is 2. The largest absolute Gasteiger partial charge is 0.340 e. The molecule has 0 fully saturated rings. The van der Waals surface area contributed by atoms with E-state index in [0.29, 0.717) is 11.5 Å². The highest BCUT2D eigenvalue weighted by atomic mass is 19.1. The number of aryl methyl sites for hydroxylation is 1. The molecule has 3 atom stereocenters. The summed E-state index contributed by atoms with van der Waals surface area (Å²) in [5.74, 6) is 0.384. The number of fused-ring (bicyclic) bond motifs is 1. The molecular weight excluding hydrogens is 520 g/mol. The van der Waals surface area contributed by atoms with Gasteiger partial charge in [0.05, 0.1) is 0 Å². The summed E-state index contributed by atoms with van der Waals surface area (Å²) >= 11 is 0. The second-order valence-electron chi connectivity index (χ2n) is 11.3. The molecule has 1 nitrogen and oxygen atoms in total. The quantitative estimate of drug-likeness (QED) is 0.283. The standard InChI is InChI=1S/C23H28FN.C11H17F.C3H6.C2H4/c1-5-13-23(14-6-2)16-25(22-10-8-7-9-20(22)23)18(4)19-11-12-21(24)17(3)15-19;1-4-8(2)10-6-5-9(3)11(12)7-10;1-3-2;1-2/h7-12,15H,4-6,13-14,16H2,1-3H3;5-9,11H,4H2,1-3H3;3H,1H2,2H3;1-2H2. The number of alkyl halides is 1. The molecule has 0 N–H and O–H groups in total. The molecule has 1 heterocycles. The van der Waals surface area contributed by atoms with Gasteiger partial charge in [0.2, 0.25) is 0 Å². The van der Waals surface area contributed by atoms with E-state index < -0.39 is 6.17 Å². The first-order valence-electron chi connectivity index (χ1n) is 15.5. The maximum absolute atomic E-state index is 13.7. The number of benzene rings is 2. The summed E-state index contributed by atoms with van der Waals surface area (Å²) in [5.41, 5.74) is 6.68. The molecule has 1 aliphatic heterocycles. The van der Waals surface area contributed by atoms with Gasteiger partial charge < -0.3 is 4.90 Å². The average molecular weight is 576 g/mol. The highest BCUT2D eigenvalue weighted by Gasteiger charge is 2.41. The van der Waals surface area contributed by atoms with Gasteiger partial charge in [-0.3, -0.25) is 0 Å². The zero-order valence-corrected chi connectivity index (χ0v) is 27.4. The average Bonchev–Trinajstić information content (AvgIpc) is 3.31. The van der Waals surface area contributed by atoms with E-state index >= 15 is 0 Å². The fraction of sp³-hybridized carbons (Fsp3) is 0.436. The molecular formula is C39H55F2N. The van der Waals surface area contributed by atoms with Crippen LogP contribution in [0, 0.1) is 24.6 Å². The van der Waals surface area contributed by atoms with Crippen molar-refractivity contribution in [2.75, 3.05) is 11.4 Å². The summed E-state index contributed by atoms with van der Waals surface area (Å²) in [5, 5.41) is 0. The zero-order valence-electron chi connectivity index (χ0n) is 27.4. The number of rotatable bonds is 8. The van der Waals surface area contributed by atoms with E-state index in [9.17, 15) is 8.78 Å². The smallest absolute Gasteiger partial charge is 0.126 e. The van der Waals surface area contributed by atoms with E-state index in [1.165, 1.54) is 36.9 Å². The summed E-state index contributed by atoms with van der Waals surface area (Å²) in [7, 11) is 0. The first kappa shape index (κ1) is 36.8. The fourth-order valence-electron chi connectivity index (χ4n) is 5.69. The Labute approximate surface area is 256 Å². The normalized spacial score (nSPS) is 18.5. The Morgan fingerprint density at radius 2 is 1.69 bits per heavy atom. The third kappa shape index (κ3) is 9.41. The molecule has 42 heavy (non-hydrogen) atoms. The number of anilines is 1. The Kier molecular flexibility index (Phi) is 16.1. The minimum atomic E-state index is -0.779. The van der Waals surface area contributed by atoms with Crippen molar-refractivity contribution in [1.82, 2.24) is 0 Å². The summed E-state index contributed by atoms with van der Waals surface area (Å²) < 4.78 is 26.9. The van der Waals surface area contributed by atoms with E-state index in [-0.39, 0.29) is 17.2 Å². The molecule has 2 aromatic rings. The fourth-order valence-corrected chi connectivity index (χ4v) is 5.69. The molecule has 1 aliphatic carbocycles. The Bertz CT molecular complexity index is 1180. The molecule has 0 aromatic heterocycles. The van der Waals surface area contributed by atoms with Crippen LogP contribution >= 0.6 is 0 Å². The highest BCUT2D eigenvalue weighted by Crippen LogP contribution is 2.48. The minimum absolute atomic E-state index is 0.0535. The Morgan fingerprint density at radius 1 is 1.10 bits per heavy atom. The minimum Gasteiger partial charge on any atom is -0.340 e. The first-order valence-corrected chi connectivity index (χ1v) is 15.5. The van der Waals surface area contributed by atoms with Crippen molar-refractivity contribution in [3.63, 3.8) is 0 Å². The Balaban J connectivity index is 0.000000434. The summed E-state index contributed by atoms with van der Waals surface area (Å²) in [6.07, 6.45) is 12.6. The number of hydrogen-bond acceptors (Lipinski definition) is 1. The first-order chi connectivity index (χ1) is 20.1. The molecule has 0 amide bonds. The van der Waals surface area contributed by atoms with Crippen LogP contribution < -0.4 is 4.90 Å². The molecule has 4 rings (SSSR count). The van der Waals surface area contributed by atoms with Crippen LogP contribution in [0.4, 0.5) is 14.5 Å². The predicted molar refractivity (Wildman–Crippen MR) is 183 cm³/mol. The van der Waals surface area contributed by atoms with Crippen LogP contribution in [0.2, 0.25) is 0 Å². The van der Waals surface area contributed by atoms with Crippen molar-refractivity contribution in [3.05, 3.63) is 121 Å². The molecule has 0 saturated carbocycles. The zero-order chi connectivity index (χ0) is 31.9. The third-order valence-corrected chi connectivity index (χ3v) is 8.13. The molecule has 0 bridgehead atoms. The van der Waals surface area contributed by atoms with Crippen molar-refractivity contribution < 1.29 is 8.78 Å². The van der Waals surface area contributed by atoms with Gasteiger partial charge in [0.15, 0.2) is 0 Å². The summed E-state index contributed by atoms with van der Waals surface area (Å²) in [4.78, 5) is 2.34. The maximum Gasteiger partial charge on any atom is 0.126 e. The highest BCUT2D eigenvalue weighted by molar-refractivity contribution is 5.83. The van der Waals surface area contributed by atoms with Crippen LogP contribution in [0.15, 0.2) is 98.7 Å². The van der Waals surface area contributed by atoms with Crippen LogP contribution in [0.3, 0.4) is 0 Å². The number of nitrogens with zero attached hydrogens (tertiary/aromatic N) is 1. The van der Waals surface area contributed by atoms with Crippen LogP contribution in [-0.2, 0) is 5.41 Å². The maximum atomic E-state index is 13.7. The lowest BCUT2D eigenvalue weighted by Crippen LogP contribution is -2.32. The van der Waals surface area contributed by atoms with Crippen molar-refractivity contribution >= 4 is 11.4 Å². The van der Waals surface area contributed by atoms with Gasteiger partial charge in [-0.2, -0.15) is 0 Å². The lowest BCUT2D eigenvalue weighted by molar-refractivity contribution is 0.330. The number of allylic oxidation sites excluding steroid dienone is 5. The number of hydrogen-bond donors (Lipinski definition) is 0. The lowest BCUT2D eigenvalue weighted by Gasteiger charge is -2.31. The second-order valence-corrected chi connectivity index (χ2v) is 11.3. The van der Waals surface area contributed by atoms with Crippen molar-refractivity contribution in [2.45, 2.75) is 92.2 Å². The van der Waals surface area contributed by atoms with Gasteiger partial charge in [-0.1, -0.05) is 90.5 Å². The van der Waals surface area contributed by atoms with Gasteiger partial charge >= 0.3 is 0 Å². The van der Waals surface area contributed by atoms with Gasteiger partial charge in [0.1, 0.15) is 12.0 Å². The van der Waals surface area contributed by atoms with Crippen molar-refractivity contribution in [3.8, 4) is 0 Å². The summed E-state index contributed by atoms with van der Waals surface area (Å²) in [6, 6.07) is 14.0. The van der Waals surface area contributed by atoms with E-state index in [4.69, 9.17) is 0 Å².